The fourth-order valence-electron chi connectivity index (χ4n) is 2.81. The number of halogens is 1. The predicted octanol–water partition coefficient (Wildman–Crippen LogP) is 0.394. The van der Waals surface area contributed by atoms with Crippen LogP contribution in [0.1, 0.15) is 18.4 Å². The number of hydrogen-bond donors (Lipinski definition) is 1. The molecule has 98 valence electrons. The molecule has 1 atom stereocenters. The van der Waals surface area contributed by atoms with E-state index in [0.29, 0.717) is 6.04 Å². The standard InChI is InChI=1S/C14H17BrN2.K.H2O/c1-17-6-2-3-12(17)7-10-9-16-14-5-4-11(15)8-13(10)14;;/h4-5,8-9,12,16H,2-3,6-7H2,1H3;;1H2/q;+1;/p-1/t12-;;/m1../s1. The summed E-state index contributed by atoms with van der Waals surface area (Å²) in [7, 11) is 2.24. The maximum atomic E-state index is 3.55. The first-order chi connectivity index (χ1) is 8.24. The number of likely N-dealkylation sites (tertiary alicyclic amines) is 1. The van der Waals surface area contributed by atoms with E-state index in [1.54, 1.807) is 0 Å². The molecule has 2 heterocycles. The van der Waals surface area contributed by atoms with Crippen molar-refractivity contribution in [1.29, 1.82) is 0 Å². The van der Waals surface area contributed by atoms with Crippen LogP contribution in [0.25, 0.3) is 10.9 Å². The van der Waals surface area contributed by atoms with Crippen LogP contribution in [0.5, 0.6) is 0 Å². The van der Waals surface area contributed by atoms with Crippen LogP contribution >= 0.6 is 15.9 Å². The second-order valence-electron chi connectivity index (χ2n) is 4.98. The van der Waals surface area contributed by atoms with Crippen molar-refractivity contribution in [2.24, 2.45) is 0 Å². The molecule has 19 heavy (non-hydrogen) atoms. The van der Waals surface area contributed by atoms with Crippen molar-refractivity contribution >= 4 is 26.8 Å². The first-order valence-corrected chi connectivity index (χ1v) is 6.99. The largest absolute Gasteiger partial charge is 1.00 e. The summed E-state index contributed by atoms with van der Waals surface area (Å²) in [5, 5.41) is 1.36. The van der Waals surface area contributed by atoms with Gasteiger partial charge in [-0.3, -0.25) is 0 Å². The molecule has 0 spiro atoms. The molecule has 0 aliphatic carbocycles. The van der Waals surface area contributed by atoms with Gasteiger partial charge in [-0.05, 0) is 56.6 Å². The Kier molecular flexibility index (Phi) is 7.24. The second kappa shape index (κ2) is 7.70. The van der Waals surface area contributed by atoms with Gasteiger partial charge in [-0.25, -0.2) is 0 Å². The average molecular weight is 349 g/mol. The Morgan fingerprint density at radius 3 is 2.89 bits per heavy atom. The van der Waals surface area contributed by atoms with Crippen LogP contribution in [0.15, 0.2) is 28.9 Å². The van der Waals surface area contributed by atoms with E-state index in [4.69, 9.17) is 0 Å². The van der Waals surface area contributed by atoms with E-state index in [2.05, 4.69) is 57.3 Å². The SMILES string of the molecule is CN1CCC[C@@H]1Cc1c[nH]c2ccc(Br)cc12.[K+].[OH-]. The Labute approximate surface area is 165 Å². The summed E-state index contributed by atoms with van der Waals surface area (Å²) in [6.45, 7) is 1.25. The number of H-pyrrole nitrogens is 1. The number of benzene rings is 1. The first kappa shape index (κ1) is 17.8. The quantitative estimate of drug-likeness (QED) is 0.798. The summed E-state index contributed by atoms with van der Waals surface area (Å²) < 4.78 is 1.16. The van der Waals surface area contributed by atoms with E-state index in [1.165, 1.54) is 35.9 Å². The number of rotatable bonds is 2. The summed E-state index contributed by atoms with van der Waals surface area (Å²) >= 11 is 3.55. The number of nitrogens with one attached hydrogen (secondary N) is 1. The van der Waals surface area contributed by atoms with E-state index in [-0.39, 0.29) is 56.9 Å². The molecule has 2 aromatic rings. The van der Waals surface area contributed by atoms with Crippen molar-refractivity contribution in [2.75, 3.05) is 13.6 Å². The fraction of sp³-hybridized carbons (Fsp3) is 0.429. The van der Waals surface area contributed by atoms with Crippen molar-refractivity contribution in [3.05, 3.63) is 34.4 Å². The van der Waals surface area contributed by atoms with E-state index in [0.717, 1.165) is 10.9 Å². The maximum absolute atomic E-state index is 3.55. The van der Waals surface area contributed by atoms with Crippen molar-refractivity contribution in [1.82, 2.24) is 9.88 Å². The minimum Gasteiger partial charge on any atom is -0.870 e. The van der Waals surface area contributed by atoms with Gasteiger partial charge in [-0.2, -0.15) is 0 Å². The van der Waals surface area contributed by atoms with E-state index in [9.17, 15) is 0 Å². The molecule has 2 N–H and O–H groups in total. The van der Waals surface area contributed by atoms with Crippen LogP contribution in [0.3, 0.4) is 0 Å². The molecule has 1 aromatic carbocycles. The molecular formula is C14H18BrKN2O. The van der Waals surface area contributed by atoms with Crippen molar-refractivity contribution in [3.63, 3.8) is 0 Å². The van der Waals surface area contributed by atoms with Gasteiger partial charge in [0, 0.05) is 27.6 Å². The molecule has 1 aromatic heterocycles. The van der Waals surface area contributed by atoms with Gasteiger partial charge in [-0.1, -0.05) is 15.9 Å². The zero-order chi connectivity index (χ0) is 11.8. The van der Waals surface area contributed by atoms with Gasteiger partial charge in [-0.15, -0.1) is 0 Å². The van der Waals surface area contributed by atoms with Gasteiger partial charge in [0.05, 0.1) is 0 Å². The van der Waals surface area contributed by atoms with Gasteiger partial charge < -0.3 is 15.4 Å². The van der Waals surface area contributed by atoms with Gasteiger partial charge in [0.1, 0.15) is 0 Å². The minimum atomic E-state index is 0. The summed E-state index contributed by atoms with van der Waals surface area (Å²) in [5.41, 5.74) is 2.68. The van der Waals surface area contributed by atoms with Gasteiger partial charge >= 0.3 is 51.4 Å². The van der Waals surface area contributed by atoms with E-state index >= 15 is 0 Å². The molecule has 0 amide bonds. The molecule has 5 heteroatoms. The average Bonchev–Trinajstić information content (AvgIpc) is 2.88. The van der Waals surface area contributed by atoms with Crippen LogP contribution in [0, 0.1) is 0 Å². The molecule has 1 aliphatic heterocycles. The molecule has 3 rings (SSSR count). The molecule has 0 saturated carbocycles. The Balaban J connectivity index is 0.000000902. The first-order valence-electron chi connectivity index (χ1n) is 6.20. The van der Waals surface area contributed by atoms with Crippen molar-refractivity contribution < 1.29 is 56.9 Å². The summed E-state index contributed by atoms with van der Waals surface area (Å²) in [6.07, 6.45) is 6.00. The minimum absolute atomic E-state index is 0. The van der Waals surface area contributed by atoms with Gasteiger partial charge in [0.15, 0.2) is 0 Å². The normalized spacial score (nSPS) is 19.2. The zero-order valence-corrected chi connectivity index (χ0v) is 16.2. The number of hydrogen-bond acceptors (Lipinski definition) is 2. The molecule has 0 bridgehead atoms. The van der Waals surface area contributed by atoms with Crippen molar-refractivity contribution in [3.8, 4) is 0 Å². The second-order valence-corrected chi connectivity index (χ2v) is 5.90. The molecule has 1 saturated heterocycles. The van der Waals surface area contributed by atoms with Crippen LogP contribution in [0.2, 0.25) is 0 Å². The third-order valence-corrected chi connectivity index (χ3v) is 4.35. The Morgan fingerprint density at radius 2 is 2.21 bits per heavy atom. The third kappa shape index (κ3) is 3.92. The molecule has 3 nitrogen and oxygen atoms in total. The number of aromatic nitrogens is 1. The zero-order valence-electron chi connectivity index (χ0n) is 11.5. The Morgan fingerprint density at radius 1 is 1.42 bits per heavy atom. The number of fused-ring (bicyclic) bond motifs is 1. The Bertz CT molecular complexity index is 543. The predicted molar refractivity (Wildman–Crippen MR) is 77.3 cm³/mol. The van der Waals surface area contributed by atoms with Crippen molar-refractivity contribution in [2.45, 2.75) is 25.3 Å². The third-order valence-electron chi connectivity index (χ3n) is 3.86. The fourth-order valence-corrected chi connectivity index (χ4v) is 3.17. The molecular weight excluding hydrogens is 331 g/mol. The van der Waals surface area contributed by atoms with Gasteiger partial charge in [0.2, 0.25) is 0 Å². The molecule has 0 radical (unpaired) electrons. The summed E-state index contributed by atoms with van der Waals surface area (Å²) in [5.74, 6) is 0. The van der Waals surface area contributed by atoms with Crippen LogP contribution in [-0.2, 0) is 6.42 Å². The molecule has 1 fully saturated rings. The van der Waals surface area contributed by atoms with Crippen LogP contribution in [-0.4, -0.2) is 35.0 Å². The van der Waals surface area contributed by atoms with Crippen LogP contribution in [0.4, 0.5) is 0 Å². The smallest absolute Gasteiger partial charge is 0.870 e. The summed E-state index contributed by atoms with van der Waals surface area (Å²) in [4.78, 5) is 5.85. The van der Waals surface area contributed by atoms with E-state index < -0.39 is 0 Å². The van der Waals surface area contributed by atoms with Gasteiger partial charge in [0.25, 0.3) is 0 Å². The molecule has 1 aliphatic rings. The summed E-state index contributed by atoms with van der Waals surface area (Å²) in [6, 6.07) is 7.16. The van der Waals surface area contributed by atoms with Crippen LogP contribution < -0.4 is 51.4 Å². The molecule has 0 unspecified atom stereocenters. The monoisotopic (exact) mass is 348 g/mol. The number of nitrogens with zero attached hydrogens (tertiary/aromatic N) is 1. The number of aromatic amines is 1. The Hall–Kier alpha value is 0.796. The topological polar surface area (TPSA) is 49.0 Å². The maximum Gasteiger partial charge on any atom is 1.00 e. The number of likely N-dealkylation sites (N-methyl/N-ethyl adjacent to an activating group) is 1. The van der Waals surface area contributed by atoms with E-state index in [1.807, 2.05) is 0 Å².